The molecule has 2 heterocycles. The maximum Gasteiger partial charge on any atom is 0.232 e. The zero-order chi connectivity index (χ0) is 15.9. The normalized spacial score (nSPS) is 12.0. The summed E-state index contributed by atoms with van der Waals surface area (Å²) in [5.74, 6) is 0.994. The first kappa shape index (κ1) is 16.8. The summed E-state index contributed by atoms with van der Waals surface area (Å²) in [7, 11) is 0. The van der Waals surface area contributed by atoms with Gasteiger partial charge in [0.2, 0.25) is 5.88 Å². The Morgan fingerprint density at radius 3 is 2.64 bits per heavy atom. The number of aryl methyl sites for hydroxylation is 1. The van der Waals surface area contributed by atoms with E-state index < -0.39 is 0 Å². The lowest BCUT2D eigenvalue weighted by atomic mass is 10.2. The van der Waals surface area contributed by atoms with Crippen LogP contribution in [0, 0.1) is 0 Å². The zero-order valence-electron chi connectivity index (χ0n) is 12.1. The quantitative estimate of drug-likeness (QED) is 0.837. The van der Waals surface area contributed by atoms with Crippen molar-refractivity contribution in [2.45, 2.75) is 19.4 Å². The standard InChI is InChI=1S/C15H17Cl2N3O2/c1-2-10-3-13(7-19-5-10)21-8-12(18)9-22-15-14(17)4-11(16)6-20-15/h3-7,12H,2,8-9,18H2,1H3/t12-/m1/s1. The molecular formula is C15H17Cl2N3O2. The van der Waals surface area contributed by atoms with Crippen molar-refractivity contribution in [2.24, 2.45) is 5.73 Å². The number of rotatable bonds is 7. The van der Waals surface area contributed by atoms with Crippen LogP contribution in [0.1, 0.15) is 12.5 Å². The molecule has 2 rings (SSSR count). The van der Waals surface area contributed by atoms with E-state index in [1.165, 1.54) is 6.20 Å². The van der Waals surface area contributed by atoms with Gasteiger partial charge in [-0.15, -0.1) is 0 Å². The lowest BCUT2D eigenvalue weighted by Gasteiger charge is -2.14. The first-order valence-corrected chi connectivity index (χ1v) is 7.60. The van der Waals surface area contributed by atoms with Crippen LogP contribution < -0.4 is 15.2 Å². The average molecular weight is 342 g/mol. The smallest absolute Gasteiger partial charge is 0.232 e. The summed E-state index contributed by atoms with van der Waals surface area (Å²) >= 11 is 11.7. The van der Waals surface area contributed by atoms with E-state index >= 15 is 0 Å². The average Bonchev–Trinajstić information content (AvgIpc) is 2.52. The van der Waals surface area contributed by atoms with Crippen molar-refractivity contribution in [3.63, 3.8) is 0 Å². The minimum Gasteiger partial charge on any atom is -0.490 e. The Labute approximate surface area is 139 Å². The van der Waals surface area contributed by atoms with E-state index in [1.807, 2.05) is 12.3 Å². The topological polar surface area (TPSA) is 70.3 Å². The second kappa shape index (κ2) is 8.17. The minimum absolute atomic E-state index is 0.231. The van der Waals surface area contributed by atoms with E-state index in [0.29, 0.717) is 28.3 Å². The van der Waals surface area contributed by atoms with Crippen molar-refractivity contribution in [3.05, 3.63) is 46.3 Å². The van der Waals surface area contributed by atoms with Gasteiger partial charge in [0, 0.05) is 12.4 Å². The summed E-state index contributed by atoms with van der Waals surface area (Å²) < 4.78 is 11.1. The molecule has 5 nitrogen and oxygen atoms in total. The molecule has 0 bridgehead atoms. The van der Waals surface area contributed by atoms with Gasteiger partial charge in [-0.05, 0) is 24.1 Å². The number of nitrogens with zero attached hydrogens (tertiary/aromatic N) is 2. The van der Waals surface area contributed by atoms with Crippen LogP contribution in [-0.4, -0.2) is 29.2 Å². The van der Waals surface area contributed by atoms with Crippen LogP contribution in [0.25, 0.3) is 0 Å². The van der Waals surface area contributed by atoms with Crippen molar-refractivity contribution in [3.8, 4) is 11.6 Å². The van der Waals surface area contributed by atoms with Gasteiger partial charge in [0.25, 0.3) is 0 Å². The second-order valence-corrected chi connectivity index (χ2v) is 5.55. The number of nitrogens with two attached hydrogens (primary N) is 1. The number of aromatic nitrogens is 2. The highest BCUT2D eigenvalue weighted by atomic mass is 35.5. The summed E-state index contributed by atoms with van der Waals surface area (Å²) in [6.45, 7) is 2.60. The maximum atomic E-state index is 5.97. The third kappa shape index (κ3) is 5.02. The zero-order valence-corrected chi connectivity index (χ0v) is 13.6. The van der Waals surface area contributed by atoms with Gasteiger partial charge in [0.15, 0.2) is 0 Å². The minimum atomic E-state index is -0.321. The summed E-state index contributed by atoms with van der Waals surface area (Å²) in [5.41, 5.74) is 7.06. The molecule has 0 unspecified atom stereocenters. The molecule has 2 N–H and O–H groups in total. The Morgan fingerprint density at radius 1 is 1.14 bits per heavy atom. The molecular weight excluding hydrogens is 325 g/mol. The molecule has 0 aliphatic heterocycles. The third-order valence-corrected chi connectivity index (χ3v) is 3.33. The summed E-state index contributed by atoms with van der Waals surface area (Å²) in [6.07, 6.45) is 5.83. The van der Waals surface area contributed by atoms with E-state index in [2.05, 4.69) is 16.9 Å². The Morgan fingerprint density at radius 2 is 1.91 bits per heavy atom. The first-order valence-electron chi connectivity index (χ1n) is 6.84. The van der Waals surface area contributed by atoms with Crippen molar-refractivity contribution >= 4 is 23.2 Å². The molecule has 0 saturated heterocycles. The van der Waals surface area contributed by atoms with Gasteiger partial charge in [0.1, 0.15) is 24.0 Å². The highest BCUT2D eigenvalue weighted by Gasteiger charge is 2.09. The molecule has 22 heavy (non-hydrogen) atoms. The Hall–Kier alpha value is -1.56. The van der Waals surface area contributed by atoms with E-state index in [0.717, 1.165) is 12.0 Å². The first-order chi connectivity index (χ1) is 10.6. The molecule has 0 aliphatic carbocycles. The Kier molecular flexibility index (Phi) is 6.24. The molecule has 7 heteroatoms. The van der Waals surface area contributed by atoms with Gasteiger partial charge in [-0.2, -0.15) is 0 Å². The monoisotopic (exact) mass is 341 g/mol. The molecule has 0 aliphatic rings. The van der Waals surface area contributed by atoms with Gasteiger partial charge < -0.3 is 15.2 Å². The molecule has 0 saturated carbocycles. The molecule has 1 atom stereocenters. The summed E-state index contributed by atoms with van der Waals surface area (Å²) in [6, 6.07) is 3.19. The number of ether oxygens (including phenoxy) is 2. The maximum absolute atomic E-state index is 5.97. The van der Waals surface area contributed by atoms with Crippen LogP contribution in [0.4, 0.5) is 0 Å². The van der Waals surface area contributed by atoms with Gasteiger partial charge in [-0.1, -0.05) is 30.1 Å². The lowest BCUT2D eigenvalue weighted by Crippen LogP contribution is -2.34. The lowest BCUT2D eigenvalue weighted by molar-refractivity contribution is 0.215. The molecule has 0 aromatic carbocycles. The van der Waals surface area contributed by atoms with E-state index in [4.69, 9.17) is 38.4 Å². The van der Waals surface area contributed by atoms with Crippen LogP contribution in [-0.2, 0) is 6.42 Å². The summed E-state index contributed by atoms with van der Waals surface area (Å²) in [5, 5.41) is 0.800. The highest BCUT2D eigenvalue weighted by Crippen LogP contribution is 2.24. The molecule has 2 aromatic rings. The molecule has 0 radical (unpaired) electrons. The largest absolute Gasteiger partial charge is 0.490 e. The Balaban J connectivity index is 1.81. The van der Waals surface area contributed by atoms with Crippen molar-refractivity contribution in [1.29, 1.82) is 0 Å². The third-order valence-electron chi connectivity index (χ3n) is 2.85. The fraction of sp³-hybridized carbons (Fsp3) is 0.333. The highest BCUT2D eigenvalue weighted by molar-refractivity contribution is 6.35. The van der Waals surface area contributed by atoms with E-state index in [1.54, 1.807) is 12.3 Å². The van der Waals surface area contributed by atoms with Crippen LogP contribution >= 0.6 is 23.2 Å². The van der Waals surface area contributed by atoms with E-state index in [-0.39, 0.29) is 12.6 Å². The molecule has 118 valence electrons. The van der Waals surface area contributed by atoms with Crippen molar-refractivity contribution in [1.82, 2.24) is 9.97 Å². The van der Waals surface area contributed by atoms with Crippen LogP contribution in [0.15, 0.2) is 30.7 Å². The molecule has 0 fully saturated rings. The Bertz CT molecular complexity index is 625. The predicted octanol–water partition coefficient (Wildman–Crippen LogP) is 3.13. The molecule has 2 aromatic heterocycles. The number of pyridine rings is 2. The molecule has 0 amide bonds. The van der Waals surface area contributed by atoms with Crippen LogP contribution in [0.2, 0.25) is 10.0 Å². The van der Waals surface area contributed by atoms with Gasteiger partial charge in [-0.3, -0.25) is 4.98 Å². The predicted molar refractivity (Wildman–Crippen MR) is 86.8 cm³/mol. The van der Waals surface area contributed by atoms with Crippen LogP contribution in [0.5, 0.6) is 11.6 Å². The second-order valence-electron chi connectivity index (χ2n) is 4.71. The fourth-order valence-electron chi connectivity index (χ4n) is 1.68. The van der Waals surface area contributed by atoms with Gasteiger partial charge in [-0.25, -0.2) is 4.98 Å². The summed E-state index contributed by atoms with van der Waals surface area (Å²) in [4.78, 5) is 8.11. The van der Waals surface area contributed by atoms with Crippen LogP contribution in [0.3, 0.4) is 0 Å². The SMILES string of the molecule is CCc1cncc(OC[C@@H](N)COc2ncc(Cl)cc2Cl)c1. The number of hydrogen-bond acceptors (Lipinski definition) is 5. The van der Waals surface area contributed by atoms with Gasteiger partial charge in [0.05, 0.1) is 17.3 Å². The van der Waals surface area contributed by atoms with Gasteiger partial charge >= 0.3 is 0 Å². The van der Waals surface area contributed by atoms with Crippen molar-refractivity contribution in [2.75, 3.05) is 13.2 Å². The molecule has 0 spiro atoms. The fourth-order valence-corrected chi connectivity index (χ4v) is 2.12. The van der Waals surface area contributed by atoms with Crippen molar-refractivity contribution < 1.29 is 9.47 Å². The number of hydrogen-bond donors (Lipinski definition) is 1. The number of halogens is 2. The van der Waals surface area contributed by atoms with E-state index in [9.17, 15) is 0 Å².